The Bertz CT molecular complexity index is 709. The summed E-state index contributed by atoms with van der Waals surface area (Å²) >= 11 is 0. The maximum Gasteiger partial charge on any atom is 0.227 e. The molecule has 0 radical (unpaired) electrons. The number of hydrogen-bond acceptors (Lipinski definition) is 4. The second-order valence-electron chi connectivity index (χ2n) is 6.74. The van der Waals surface area contributed by atoms with Gasteiger partial charge in [0.1, 0.15) is 0 Å². The van der Waals surface area contributed by atoms with E-state index < -0.39 is 0 Å². The van der Waals surface area contributed by atoms with E-state index in [9.17, 15) is 4.79 Å². The van der Waals surface area contributed by atoms with Crippen molar-refractivity contribution >= 4 is 17.7 Å². The predicted molar refractivity (Wildman–Crippen MR) is 105 cm³/mol. The Morgan fingerprint density at radius 1 is 1.12 bits per heavy atom. The highest BCUT2D eigenvalue weighted by molar-refractivity contribution is 5.92. The van der Waals surface area contributed by atoms with Crippen LogP contribution in [0, 0.1) is 5.92 Å². The fourth-order valence-corrected chi connectivity index (χ4v) is 3.37. The van der Waals surface area contributed by atoms with Gasteiger partial charge in [0.2, 0.25) is 5.91 Å². The summed E-state index contributed by atoms with van der Waals surface area (Å²) in [7, 11) is 0. The third-order valence-corrected chi connectivity index (χ3v) is 4.91. The molecule has 136 valence electrons. The molecule has 1 heterocycles. The van der Waals surface area contributed by atoms with E-state index >= 15 is 0 Å². The van der Waals surface area contributed by atoms with Crippen LogP contribution >= 0.6 is 0 Å². The van der Waals surface area contributed by atoms with Crippen LogP contribution in [0.3, 0.4) is 0 Å². The molecule has 1 amide bonds. The number of carbonyl (C=O) groups excluding carboxylic acids is 1. The van der Waals surface area contributed by atoms with Crippen LogP contribution in [0.2, 0.25) is 0 Å². The lowest BCUT2D eigenvalue weighted by molar-refractivity contribution is -0.121. The molecular weight excluding hydrogens is 324 g/mol. The highest BCUT2D eigenvalue weighted by Crippen LogP contribution is 2.27. The van der Waals surface area contributed by atoms with Crippen molar-refractivity contribution in [2.75, 3.05) is 11.9 Å². The minimum atomic E-state index is 0.0627. The molecule has 26 heavy (non-hydrogen) atoms. The first-order chi connectivity index (χ1) is 12.7. The Morgan fingerprint density at radius 2 is 1.81 bits per heavy atom. The number of hydrogen-bond donors (Lipinski definition) is 2. The average Bonchev–Trinajstić information content (AvgIpc) is 2.69. The molecule has 0 saturated heterocycles. The molecule has 3 N–H and O–H groups in total. The van der Waals surface area contributed by atoms with Gasteiger partial charge in [0.05, 0.1) is 0 Å². The molecule has 0 atom stereocenters. The summed E-state index contributed by atoms with van der Waals surface area (Å²) < 4.78 is 0. The van der Waals surface area contributed by atoms with E-state index in [0.29, 0.717) is 12.6 Å². The molecule has 5 nitrogen and oxygen atoms in total. The summed E-state index contributed by atoms with van der Waals surface area (Å²) in [6, 6.07) is 14.2. The van der Waals surface area contributed by atoms with Crippen LogP contribution in [-0.2, 0) is 4.79 Å². The van der Waals surface area contributed by atoms with Crippen LogP contribution in [0.5, 0.6) is 0 Å². The number of benzene rings is 1. The fraction of sp³-hybridized carbons (Fsp3) is 0.333. The van der Waals surface area contributed by atoms with Crippen LogP contribution in [0.25, 0.3) is 6.08 Å². The number of anilines is 1. The monoisotopic (exact) mass is 350 g/mol. The normalized spacial score (nSPS) is 20.4. The third-order valence-electron chi connectivity index (χ3n) is 4.91. The molecular formula is C21H26N4O. The molecule has 1 aliphatic carbocycles. The number of rotatable bonds is 6. The summed E-state index contributed by atoms with van der Waals surface area (Å²) in [6.07, 6.45) is 11.2. The quantitative estimate of drug-likeness (QED) is 0.618. The van der Waals surface area contributed by atoms with Gasteiger partial charge in [-0.25, -0.2) is 5.01 Å². The zero-order chi connectivity index (χ0) is 18.2. The molecule has 3 rings (SSSR count). The second kappa shape index (κ2) is 9.27. The maximum absolute atomic E-state index is 12.4. The first-order valence-electron chi connectivity index (χ1n) is 9.16. The molecule has 1 aromatic heterocycles. The lowest BCUT2D eigenvalue weighted by atomic mass is 9.85. The molecule has 0 bridgehead atoms. The number of carbonyl (C=O) groups is 1. The van der Waals surface area contributed by atoms with Gasteiger partial charge in [-0.15, -0.1) is 0 Å². The van der Waals surface area contributed by atoms with Gasteiger partial charge in [0.25, 0.3) is 0 Å². The number of nitrogens with zero attached hydrogens (tertiary/aromatic N) is 2. The number of pyridine rings is 1. The number of amides is 1. The van der Waals surface area contributed by atoms with Gasteiger partial charge >= 0.3 is 0 Å². The van der Waals surface area contributed by atoms with E-state index in [1.807, 2.05) is 35.3 Å². The molecule has 1 saturated carbocycles. The van der Waals surface area contributed by atoms with Gasteiger partial charge in [0, 0.05) is 36.6 Å². The number of hydrazine groups is 1. The Hall–Kier alpha value is -2.50. The SMILES string of the molecule is NN(C/C=C/c1ccccc1)C1CCC(C(=O)Nc2ccncc2)CC1. The highest BCUT2D eigenvalue weighted by atomic mass is 16.1. The number of aromatic nitrogens is 1. The minimum Gasteiger partial charge on any atom is -0.326 e. The second-order valence-corrected chi connectivity index (χ2v) is 6.74. The predicted octanol–water partition coefficient (Wildman–Crippen LogP) is 3.47. The minimum absolute atomic E-state index is 0.0627. The van der Waals surface area contributed by atoms with Gasteiger partial charge in [-0.2, -0.15) is 0 Å². The van der Waals surface area contributed by atoms with Crippen molar-refractivity contribution in [1.29, 1.82) is 0 Å². The van der Waals surface area contributed by atoms with E-state index in [1.54, 1.807) is 12.4 Å². The van der Waals surface area contributed by atoms with Gasteiger partial charge in [-0.1, -0.05) is 42.5 Å². The van der Waals surface area contributed by atoms with E-state index in [2.05, 4.69) is 34.6 Å². The van der Waals surface area contributed by atoms with Crippen LogP contribution in [0.15, 0.2) is 60.9 Å². The largest absolute Gasteiger partial charge is 0.326 e. The van der Waals surface area contributed by atoms with Crippen molar-refractivity contribution < 1.29 is 4.79 Å². The van der Waals surface area contributed by atoms with E-state index in [0.717, 1.165) is 31.4 Å². The first kappa shape index (κ1) is 18.3. The van der Waals surface area contributed by atoms with Gasteiger partial charge in [-0.3, -0.25) is 15.6 Å². The summed E-state index contributed by atoms with van der Waals surface area (Å²) in [4.78, 5) is 16.3. The van der Waals surface area contributed by atoms with Crippen LogP contribution in [-0.4, -0.2) is 28.5 Å². The lowest BCUT2D eigenvalue weighted by Gasteiger charge is -2.33. The molecule has 0 spiro atoms. The molecule has 5 heteroatoms. The zero-order valence-corrected chi connectivity index (χ0v) is 14.9. The maximum atomic E-state index is 12.4. The molecule has 1 fully saturated rings. The number of nitrogens with two attached hydrogens (primary N) is 1. The van der Waals surface area contributed by atoms with Gasteiger partial charge < -0.3 is 5.32 Å². The fourth-order valence-electron chi connectivity index (χ4n) is 3.37. The van der Waals surface area contributed by atoms with E-state index in [-0.39, 0.29) is 11.8 Å². The Morgan fingerprint density at radius 3 is 2.50 bits per heavy atom. The summed E-state index contributed by atoms with van der Waals surface area (Å²) in [6.45, 7) is 0.716. The van der Waals surface area contributed by atoms with Crippen LogP contribution in [0.1, 0.15) is 31.2 Å². The number of nitrogens with one attached hydrogen (secondary N) is 1. The molecule has 2 aromatic rings. The molecule has 0 aliphatic heterocycles. The van der Waals surface area contributed by atoms with Crippen LogP contribution in [0.4, 0.5) is 5.69 Å². The lowest BCUT2D eigenvalue weighted by Crippen LogP contribution is -2.44. The average molecular weight is 350 g/mol. The zero-order valence-electron chi connectivity index (χ0n) is 14.9. The van der Waals surface area contributed by atoms with E-state index in [1.165, 1.54) is 5.56 Å². The summed E-state index contributed by atoms with van der Waals surface area (Å²) in [5, 5.41) is 4.87. The van der Waals surface area contributed by atoms with Gasteiger partial charge in [0.15, 0.2) is 0 Å². The van der Waals surface area contributed by atoms with E-state index in [4.69, 9.17) is 5.84 Å². The van der Waals surface area contributed by atoms with Crippen molar-refractivity contribution in [1.82, 2.24) is 9.99 Å². The smallest absolute Gasteiger partial charge is 0.227 e. The molecule has 0 unspecified atom stereocenters. The van der Waals surface area contributed by atoms with Crippen molar-refractivity contribution in [2.45, 2.75) is 31.7 Å². The van der Waals surface area contributed by atoms with Crippen molar-refractivity contribution in [3.63, 3.8) is 0 Å². The third kappa shape index (κ3) is 5.25. The van der Waals surface area contributed by atoms with Crippen molar-refractivity contribution in [2.24, 2.45) is 11.8 Å². The highest BCUT2D eigenvalue weighted by Gasteiger charge is 2.28. The Balaban J connectivity index is 1.42. The molecule has 1 aliphatic rings. The standard InChI is InChI=1S/C21H26N4O/c22-25(16-4-7-17-5-2-1-3-6-17)20-10-8-18(9-11-20)21(26)24-19-12-14-23-15-13-19/h1-7,12-15,18,20H,8-11,16,22H2,(H,23,24,26)/b7-4+. The van der Waals surface area contributed by atoms with Gasteiger partial charge in [-0.05, 0) is 43.4 Å². The Kier molecular flexibility index (Phi) is 6.52. The van der Waals surface area contributed by atoms with Crippen molar-refractivity contribution in [3.05, 3.63) is 66.5 Å². The topological polar surface area (TPSA) is 71.2 Å². The summed E-state index contributed by atoms with van der Waals surface area (Å²) in [5.74, 6) is 6.39. The Labute approximate surface area is 154 Å². The van der Waals surface area contributed by atoms with Crippen LogP contribution < -0.4 is 11.2 Å². The molecule has 1 aromatic carbocycles. The van der Waals surface area contributed by atoms with Crippen molar-refractivity contribution in [3.8, 4) is 0 Å². The first-order valence-corrected chi connectivity index (χ1v) is 9.16. The summed E-state index contributed by atoms with van der Waals surface area (Å²) in [5.41, 5.74) is 1.98.